The van der Waals surface area contributed by atoms with Crippen LogP contribution in [0.4, 0.5) is 5.69 Å². The van der Waals surface area contributed by atoms with Gasteiger partial charge in [0.1, 0.15) is 0 Å². The summed E-state index contributed by atoms with van der Waals surface area (Å²) in [5.41, 5.74) is 9.11. The number of piperidine rings is 1. The number of aromatic nitrogens is 1. The van der Waals surface area contributed by atoms with Gasteiger partial charge >= 0.3 is 0 Å². The van der Waals surface area contributed by atoms with E-state index in [-0.39, 0.29) is 17.7 Å². The van der Waals surface area contributed by atoms with E-state index < -0.39 is 0 Å². The van der Waals surface area contributed by atoms with E-state index in [1.54, 1.807) is 12.3 Å². The summed E-state index contributed by atoms with van der Waals surface area (Å²) in [7, 11) is 0. The van der Waals surface area contributed by atoms with Gasteiger partial charge in [0.05, 0.1) is 11.4 Å². The molecule has 1 unspecified atom stereocenters. The molecule has 4 rings (SSSR count). The van der Waals surface area contributed by atoms with Crippen molar-refractivity contribution >= 4 is 34.5 Å². The van der Waals surface area contributed by atoms with Crippen molar-refractivity contribution in [2.75, 3.05) is 18.4 Å². The Labute approximate surface area is 181 Å². The van der Waals surface area contributed by atoms with Crippen LogP contribution in [0.3, 0.4) is 0 Å². The number of amides is 2. The van der Waals surface area contributed by atoms with Crippen LogP contribution in [-0.4, -0.2) is 34.8 Å². The van der Waals surface area contributed by atoms with Crippen molar-refractivity contribution < 1.29 is 9.59 Å². The second-order valence-electron chi connectivity index (χ2n) is 7.92. The number of hydrogen-bond donors (Lipinski definition) is 2. The highest BCUT2D eigenvalue weighted by atomic mass is 16.1. The van der Waals surface area contributed by atoms with Crippen molar-refractivity contribution in [1.82, 2.24) is 9.88 Å². The predicted molar refractivity (Wildman–Crippen MR) is 123 cm³/mol. The number of hydrogen-bond acceptors (Lipinski definition) is 4. The van der Waals surface area contributed by atoms with Crippen molar-refractivity contribution in [2.45, 2.75) is 19.4 Å². The second-order valence-corrected chi connectivity index (χ2v) is 7.92. The molecule has 1 atom stereocenters. The molecule has 0 saturated carbocycles. The Morgan fingerprint density at radius 3 is 2.74 bits per heavy atom. The lowest BCUT2D eigenvalue weighted by Gasteiger charge is -2.31. The van der Waals surface area contributed by atoms with Crippen LogP contribution in [0.5, 0.6) is 0 Å². The van der Waals surface area contributed by atoms with Crippen LogP contribution in [0.15, 0.2) is 66.9 Å². The zero-order valence-electron chi connectivity index (χ0n) is 17.3. The summed E-state index contributed by atoms with van der Waals surface area (Å²) in [5.74, 6) is -0.466. The van der Waals surface area contributed by atoms with Crippen LogP contribution < -0.4 is 11.1 Å². The van der Waals surface area contributed by atoms with Gasteiger partial charge in [-0.3, -0.25) is 19.5 Å². The molecule has 6 nitrogen and oxygen atoms in total. The summed E-state index contributed by atoms with van der Waals surface area (Å²) in [5, 5.41) is 3.93. The fourth-order valence-corrected chi connectivity index (χ4v) is 3.99. The third-order valence-electron chi connectivity index (χ3n) is 5.61. The summed E-state index contributed by atoms with van der Waals surface area (Å²) in [6.07, 6.45) is 6.91. The van der Waals surface area contributed by atoms with Crippen LogP contribution in [0, 0.1) is 5.92 Å². The van der Waals surface area contributed by atoms with Crippen LogP contribution in [0.1, 0.15) is 24.0 Å². The number of fused-ring (bicyclic) bond motifs is 1. The molecule has 2 amide bonds. The monoisotopic (exact) mass is 414 g/mol. The summed E-state index contributed by atoms with van der Waals surface area (Å²) in [6.45, 7) is 2.45. The third-order valence-corrected chi connectivity index (χ3v) is 5.61. The van der Waals surface area contributed by atoms with Gasteiger partial charge in [-0.1, -0.05) is 36.4 Å². The Bertz CT molecular complexity index is 1100. The van der Waals surface area contributed by atoms with Gasteiger partial charge in [0.2, 0.25) is 11.8 Å². The first-order valence-electron chi connectivity index (χ1n) is 10.5. The van der Waals surface area contributed by atoms with Crippen molar-refractivity contribution in [2.24, 2.45) is 11.7 Å². The summed E-state index contributed by atoms with van der Waals surface area (Å²) in [6, 6.07) is 17.6. The van der Waals surface area contributed by atoms with Gasteiger partial charge in [-0.05, 0) is 49.2 Å². The van der Waals surface area contributed by atoms with Crippen LogP contribution in [-0.2, 0) is 16.1 Å². The highest BCUT2D eigenvalue weighted by Gasteiger charge is 2.23. The first-order chi connectivity index (χ1) is 15.1. The Kier molecular flexibility index (Phi) is 6.38. The number of carbonyl (C=O) groups excluding carboxylic acids is 2. The molecule has 1 aromatic heterocycles. The normalized spacial score (nSPS) is 17.1. The lowest BCUT2D eigenvalue weighted by molar-refractivity contribution is -0.123. The maximum absolute atomic E-state index is 12.4. The smallest absolute Gasteiger partial charge is 0.248 e. The fourth-order valence-electron chi connectivity index (χ4n) is 3.99. The van der Waals surface area contributed by atoms with Crippen LogP contribution in [0.25, 0.3) is 17.0 Å². The maximum Gasteiger partial charge on any atom is 0.248 e. The SMILES string of the molecule is NC(=O)C1CCCN(Cc2ccc(NC(=O)/C=C/c3cccc4cccnc34)cc2)C1. The van der Waals surface area contributed by atoms with Gasteiger partial charge in [0.15, 0.2) is 0 Å². The Morgan fingerprint density at radius 2 is 1.94 bits per heavy atom. The zero-order valence-corrected chi connectivity index (χ0v) is 17.3. The molecule has 0 radical (unpaired) electrons. The average Bonchev–Trinajstić information content (AvgIpc) is 2.79. The van der Waals surface area contributed by atoms with Gasteiger partial charge < -0.3 is 11.1 Å². The molecule has 1 aliphatic rings. The Morgan fingerprint density at radius 1 is 1.13 bits per heavy atom. The van der Waals surface area contributed by atoms with Crippen molar-refractivity contribution in [3.8, 4) is 0 Å². The molecule has 158 valence electrons. The number of pyridine rings is 1. The quantitative estimate of drug-likeness (QED) is 0.604. The lowest BCUT2D eigenvalue weighted by atomic mass is 9.97. The van der Waals surface area contributed by atoms with Crippen LogP contribution >= 0.6 is 0 Å². The molecule has 2 aromatic carbocycles. The molecule has 1 fully saturated rings. The van der Waals surface area contributed by atoms with E-state index in [0.29, 0.717) is 6.54 Å². The van der Waals surface area contributed by atoms with Gasteiger partial charge in [-0.15, -0.1) is 0 Å². The highest BCUT2D eigenvalue weighted by molar-refractivity contribution is 6.03. The number of primary amides is 1. The Balaban J connectivity index is 1.35. The van der Waals surface area contributed by atoms with E-state index in [9.17, 15) is 9.59 Å². The molecular formula is C25H26N4O2. The van der Waals surface area contributed by atoms with Crippen LogP contribution in [0.2, 0.25) is 0 Å². The van der Waals surface area contributed by atoms with E-state index in [4.69, 9.17) is 5.73 Å². The minimum Gasteiger partial charge on any atom is -0.369 e. The van der Waals surface area contributed by atoms with Crippen molar-refractivity contribution in [3.63, 3.8) is 0 Å². The topological polar surface area (TPSA) is 88.3 Å². The number of nitrogens with one attached hydrogen (secondary N) is 1. The summed E-state index contributed by atoms with van der Waals surface area (Å²) < 4.78 is 0. The fraction of sp³-hybridized carbons (Fsp3) is 0.240. The molecule has 3 aromatic rings. The number of nitrogens with zero attached hydrogens (tertiary/aromatic N) is 2. The molecule has 0 aliphatic carbocycles. The maximum atomic E-state index is 12.4. The molecular weight excluding hydrogens is 388 g/mol. The molecule has 3 N–H and O–H groups in total. The van der Waals surface area contributed by atoms with Gasteiger partial charge in [-0.25, -0.2) is 0 Å². The van der Waals surface area contributed by atoms with Gasteiger partial charge in [0.25, 0.3) is 0 Å². The van der Waals surface area contributed by atoms with Gasteiger partial charge in [-0.2, -0.15) is 0 Å². The van der Waals surface area contributed by atoms with Crippen molar-refractivity contribution in [1.29, 1.82) is 0 Å². The largest absolute Gasteiger partial charge is 0.369 e. The summed E-state index contributed by atoms with van der Waals surface area (Å²) in [4.78, 5) is 30.5. The first-order valence-corrected chi connectivity index (χ1v) is 10.5. The number of para-hydroxylation sites is 1. The minimum atomic E-state index is -0.213. The zero-order chi connectivity index (χ0) is 21.6. The standard InChI is InChI=1S/C25H26N4O2/c26-25(31)21-7-3-15-29(17-21)16-18-8-11-22(12-9-18)28-23(30)13-10-20-5-1-4-19-6-2-14-27-24(19)20/h1-2,4-6,8-14,21H,3,7,15-17H2,(H2,26,31)(H,28,30)/b13-10+. The molecule has 1 saturated heterocycles. The lowest BCUT2D eigenvalue weighted by Crippen LogP contribution is -2.40. The number of likely N-dealkylation sites (tertiary alicyclic amines) is 1. The Hall–Kier alpha value is -3.51. The summed E-state index contributed by atoms with van der Waals surface area (Å²) >= 11 is 0. The van der Waals surface area contributed by atoms with E-state index in [2.05, 4.69) is 15.2 Å². The number of carbonyl (C=O) groups is 2. The molecule has 0 bridgehead atoms. The van der Waals surface area contributed by atoms with E-state index in [1.165, 1.54) is 6.08 Å². The molecule has 1 aliphatic heterocycles. The third kappa shape index (κ3) is 5.35. The molecule has 0 spiro atoms. The predicted octanol–water partition coefficient (Wildman–Crippen LogP) is 3.58. The number of anilines is 1. The first kappa shape index (κ1) is 20.8. The number of benzene rings is 2. The van der Waals surface area contributed by atoms with E-state index in [1.807, 2.05) is 54.6 Å². The molecule has 2 heterocycles. The van der Waals surface area contributed by atoms with E-state index in [0.717, 1.165) is 53.6 Å². The minimum absolute atomic E-state index is 0.0592. The number of rotatable bonds is 6. The second kappa shape index (κ2) is 9.53. The molecule has 31 heavy (non-hydrogen) atoms. The van der Waals surface area contributed by atoms with E-state index >= 15 is 0 Å². The van der Waals surface area contributed by atoms with Crippen molar-refractivity contribution in [3.05, 3.63) is 78.0 Å². The molecule has 6 heteroatoms. The van der Waals surface area contributed by atoms with Gasteiger partial charge in [0, 0.05) is 42.0 Å². The average molecular weight is 415 g/mol. The highest BCUT2D eigenvalue weighted by Crippen LogP contribution is 2.20. The number of nitrogens with two attached hydrogens (primary N) is 1.